The molecule has 0 radical (unpaired) electrons. The van der Waals surface area contributed by atoms with Crippen molar-refractivity contribution in [2.75, 3.05) is 19.5 Å². The maximum Gasteiger partial charge on any atom is 0.531 e. The Kier molecular flexibility index (Phi) is 4.88. The minimum absolute atomic E-state index is 0.135. The zero-order chi connectivity index (χ0) is 13.7. The van der Waals surface area contributed by atoms with Crippen LogP contribution in [0.1, 0.15) is 18.4 Å². The van der Waals surface area contributed by atoms with E-state index < -0.39 is 13.4 Å². The Hall–Kier alpha value is -1.01. The molecule has 1 saturated heterocycles. The maximum atomic E-state index is 12.2. The lowest BCUT2D eigenvalue weighted by molar-refractivity contribution is -0.681. The zero-order valence-corrected chi connectivity index (χ0v) is 10.9. The van der Waals surface area contributed by atoms with Crippen LogP contribution in [0.25, 0.3) is 0 Å². The third-order valence-corrected chi connectivity index (χ3v) is 3.62. The monoisotopic (exact) mass is 272 g/mol. The summed E-state index contributed by atoms with van der Waals surface area (Å²) in [5, 5.41) is 1.47. The molecule has 2 nitrogen and oxygen atoms in total. The predicted molar refractivity (Wildman–Crippen MR) is 70.6 cm³/mol. The van der Waals surface area contributed by atoms with Gasteiger partial charge in [-0.2, -0.15) is 0 Å². The van der Waals surface area contributed by atoms with Gasteiger partial charge in [0, 0.05) is 38.9 Å². The molecule has 1 heterocycles. The van der Waals surface area contributed by atoms with E-state index in [1.54, 1.807) is 0 Å². The molecule has 0 saturated carbocycles. The van der Waals surface area contributed by atoms with E-state index in [4.69, 9.17) is 0 Å². The van der Waals surface area contributed by atoms with Crippen molar-refractivity contribution in [3.8, 4) is 0 Å². The number of quaternary nitrogens is 1. The van der Waals surface area contributed by atoms with Crippen molar-refractivity contribution in [1.82, 2.24) is 4.90 Å². The highest BCUT2D eigenvalue weighted by Gasteiger charge is 2.29. The van der Waals surface area contributed by atoms with Gasteiger partial charge in [0.15, 0.2) is 0 Å². The average molecular weight is 272 g/mol. The number of likely N-dealkylation sites (tertiary alicyclic amines) is 1. The molecule has 1 aromatic rings. The summed E-state index contributed by atoms with van der Waals surface area (Å²) in [7, 11) is 0. The molecule has 1 fully saturated rings. The standard InChI is InChI=1S/C13H19BF3N2/c15-14(16,17)11-18-13-6-8-19(9-7-13)10-12-4-2-1-3-5-12/h1-5,13,18H,6-11H2/q-1/p+1. The molecule has 19 heavy (non-hydrogen) atoms. The number of hydrogen-bond acceptors (Lipinski definition) is 1. The fourth-order valence-electron chi connectivity index (χ4n) is 2.54. The smallest absolute Gasteiger partial charge is 0.445 e. The molecule has 2 rings (SSSR count). The van der Waals surface area contributed by atoms with Crippen LogP contribution >= 0.6 is 0 Å². The first-order valence-corrected chi connectivity index (χ1v) is 6.83. The van der Waals surface area contributed by atoms with E-state index in [1.165, 1.54) is 10.9 Å². The van der Waals surface area contributed by atoms with Crippen LogP contribution in [-0.4, -0.2) is 37.5 Å². The largest absolute Gasteiger partial charge is 0.531 e. The fraction of sp³-hybridized carbons (Fsp3) is 0.538. The third kappa shape index (κ3) is 5.24. The third-order valence-electron chi connectivity index (χ3n) is 3.62. The molecule has 1 aliphatic rings. The van der Waals surface area contributed by atoms with Crippen LogP contribution in [0.15, 0.2) is 30.3 Å². The number of hydrogen-bond donors (Lipinski definition) is 1. The Morgan fingerprint density at radius 3 is 2.32 bits per heavy atom. The quantitative estimate of drug-likeness (QED) is 0.807. The summed E-state index contributed by atoms with van der Waals surface area (Å²) in [5.41, 5.74) is 1.27. The topological polar surface area (TPSA) is 19.9 Å². The molecule has 6 heteroatoms. The van der Waals surface area contributed by atoms with Gasteiger partial charge in [0.1, 0.15) is 0 Å². The van der Waals surface area contributed by atoms with Gasteiger partial charge in [-0.05, 0) is 5.56 Å². The molecule has 0 atom stereocenters. The van der Waals surface area contributed by atoms with Gasteiger partial charge in [0.25, 0.3) is 0 Å². The van der Waals surface area contributed by atoms with E-state index in [9.17, 15) is 12.9 Å². The fourth-order valence-corrected chi connectivity index (χ4v) is 2.54. The lowest BCUT2D eigenvalue weighted by Crippen LogP contribution is -2.93. The van der Waals surface area contributed by atoms with E-state index in [0.717, 1.165) is 32.5 Å². The first-order valence-electron chi connectivity index (χ1n) is 6.83. The molecular formula is C13H20BF3N2. The Morgan fingerprint density at radius 1 is 1.11 bits per heavy atom. The number of nitrogens with zero attached hydrogens (tertiary/aromatic N) is 1. The number of piperidine rings is 1. The first kappa shape index (κ1) is 14.4. The molecule has 1 aliphatic heterocycles. The summed E-state index contributed by atoms with van der Waals surface area (Å²) in [6.07, 6.45) is 1.00. The number of nitrogens with two attached hydrogens (primary N) is 1. The van der Waals surface area contributed by atoms with Crippen molar-refractivity contribution < 1.29 is 18.3 Å². The molecule has 0 amide bonds. The Morgan fingerprint density at radius 2 is 1.74 bits per heavy atom. The SMILES string of the molecule is F[B-](F)(F)C[NH2+]C1CCN(Cc2ccccc2)CC1. The predicted octanol–water partition coefficient (Wildman–Crippen LogP) is 1.60. The van der Waals surface area contributed by atoms with Crippen molar-refractivity contribution in [3.63, 3.8) is 0 Å². The van der Waals surface area contributed by atoms with E-state index >= 15 is 0 Å². The molecule has 0 aliphatic carbocycles. The van der Waals surface area contributed by atoms with Gasteiger partial charge in [-0.15, -0.1) is 0 Å². The molecule has 0 aromatic heterocycles. The van der Waals surface area contributed by atoms with Crippen LogP contribution in [0.3, 0.4) is 0 Å². The van der Waals surface area contributed by atoms with Crippen molar-refractivity contribution in [2.24, 2.45) is 0 Å². The van der Waals surface area contributed by atoms with E-state index in [-0.39, 0.29) is 6.04 Å². The molecule has 106 valence electrons. The highest BCUT2D eigenvalue weighted by Crippen LogP contribution is 2.12. The van der Waals surface area contributed by atoms with Gasteiger partial charge < -0.3 is 18.3 Å². The first-order chi connectivity index (χ1) is 9.03. The highest BCUT2D eigenvalue weighted by molar-refractivity contribution is 6.58. The van der Waals surface area contributed by atoms with Gasteiger partial charge in [-0.3, -0.25) is 4.90 Å². The maximum absolute atomic E-state index is 12.2. The lowest BCUT2D eigenvalue weighted by atomic mass is 9.91. The second kappa shape index (κ2) is 6.43. The Bertz CT molecular complexity index is 375. The summed E-state index contributed by atoms with van der Waals surface area (Å²) in [4.78, 5) is 2.32. The van der Waals surface area contributed by atoms with Gasteiger partial charge >= 0.3 is 6.98 Å². The number of benzene rings is 1. The second-order valence-corrected chi connectivity index (χ2v) is 5.28. The Labute approximate surface area is 112 Å². The van der Waals surface area contributed by atoms with Crippen LogP contribution in [0.2, 0.25) is 0 Å². The minimum atomic E-state index is -4.65. The summed E-state index contributed by atoms with van der Waals surface area (Å²) in [6.45, 7) is -1.98. The van der Waals surface area contributed by atoms with E-state index in [0.29, 0.717) is 0 Å². The van der Waals surface area contributed by atoms with Crippen LogP contribution in [0, 0.1) is 0 Å². The second-order valence-electron chi connectivity index (χ2n) is 5.28. The van der Waals surface area contributed by atoms with Gasteiger partial charge in [-0.1, -0.05) is 30.3 Å². The van der Waals surface area contributed by atoms with Crippen LogP contribution in [0.5, 0.6) is 0 Å². The van der Waals surface area contributed by atoms with Gasteiger partial charge in [0.2, 0.25) is 0 Å². The Balaban J connectivity index is 1.71. The molecule has 2 N–H and O–H groups in total. The number of rotatable bonds is 5. The minimum Gasteiger partial charge on any atom is -0.445 e. The van der Waals surface area contributed by atoms with Crippen LogP contribution in [0.4, 0.5) is 12.9 Å². The van der Waals surface area contributed by atoms with Gasteiger partial charge in [-0.25, -0.2) is 0 Å². The molecule has 0 unspecified atom stereocenters. The molecule has 0 bridgehead atoms. The number of halogens is 3. The summed E-state index contributed by atoms with van der Waals surface area (Å²) < 4.78 is 36.6. The molecule has 0 spiro atoms. The normalized spacial score (nSPS) is 18.7. The van der Waals surface area contributed by atoms with Crippen molar-refractivity contribution >= 4 is 6.98 Å². The lowest BCUT2D eigenvalue weighted by Gasteiger charge is -2.31. The highest BCUT2D eigenvalue weighted by atomic mass is 19.4. The zero-order valence-electron chi connectivity index (χ0n) is 10.9. The van der Waals surface area contributed by atoms with Crippen molar-refractivity contribution in [2.45, 2.75) is 25.4 Å². The molecule has 1 aromatic carbocycles. The molecular weight excluding hydrogens is 252 g/mol. The van der Waals surface area contributed by atoms with E-state index in [2.05, 4.69) is 17.0 Å². The van der Waals surface area contributed by atoms with Crippen LogP contribution in [-0.2, 0) is 6.54 Å². The average Bonchev–Trinajstić information content (AvgIpc) is 2.38. The van der Waals surface area contributed by atoms with E-state index in [1.807, 2.05) is 18.2 Å². The summed E-state index contributed by atoms with van der Waals surface area (Å²) in [5.74, 6) is 0. The van der Waals surface area contributed by atoms with Crippen molar-refractivity contribution in [3.05, 3.63) is 35.9 Å². The van der Waals surface area contributed by atoms with Crippen LogP contribution < -0.4 is 5.32 Å². The summed E-state index contributed by atoms with van der Waals surface area (Å²) >= 11 is 0. The van der Waals surface area contributed by atoms with Crippen molar-refractivity contribution in [1.29, 1.82) is 0 Å². The van der Waals surface area contributed by atoms with Gasteiger partial charge in [0.05, 0.1) is 6.04 Å². The summed E-state index contributed by atoms with van der Waals surface area (Å²) in [6, 6.07) is 10.3.